The van der Waals surface area contributed by atoms with Crippen LogP contribution in [0.4, 0.5) is 0 Å². The minimum absolute atomic E-state index is 0.107. The molecule has 0 unspecified atom stereocenters. The van der Waals surface area contributed by atoms with E-state index in [1.807, 2.05) is 24.3 Å². The summed E-state index contributed by atoms with van der Waals surface area (Å²) in [6.45, 7) is 0.403. The third kappa shape index (κ3) is 2.34. The molecule has 1 aliphatic rings. The highest BCUT2D eigenvalue weighted by molar-refractivity contribution is 7.09. The van der Waals surface area contributed by atoms with E-state index in [9.17, 15) is 4.79 Å². The van der Waals surface area contributed by atoms with Gasteiger partial charge in [-0.3, -0.25) is 4.79 Å². The van der Waals surface area contributed by atoms with Gasteiger partial charge in [0.2, 0.25) is 0 Å². The minimum atomic E-state index is -0.265. The summed E-state index contributed by atoms with van der Waals surface area (Å²) in [4.78, 5) is 17.7. The van der Waals surface area contributed by atoms with Crippen LogP contribution in [0.15, 0.2) is 29.6 Å². The second-order valence-electron chi connectivity index (χ2n) is 4.63. The third-order valence-electron chi connectivity index (χ3n) is 2.93. The summed E-state index contributed by atoms with van der Waals surface area (Å²) in [6.07, 6.45) is -0.265. The number of aromatic nitrogens is 1. The van der Waals surface area contributed by atoms with Crippen LogP contribution in [0.1, 0.15) is 21.6 Å². The Morgan fingerprint density at radius 3 is 2.85 bits per heavy atom. The molecule has 1 aromatic carbocycles. The Hall–Kier alpha value is -2.08. The summed E-state index contributed by atoms with van der Waals surface area (Å²) in [5.41, 5.74) is 0.442. The first kappa shape index (κ1) is 12.9. The lowest BCUT2D eigenvalue weighted by Gasteiger charge is -2.24. The Kier molecular flexibility index (Phi) is 3.31. The summed E-state index contributed by atoms with van der Waals surface area (Å²) in [7, 11) is 3.41. The molecule has 1 aliphatic heterocycles. The Balaban J connectivity index is 1.80. The number of hydrogen-bond acceptors (Lipinski definition) is 5. The van der Waals surface area contributed by atoms with E-state index in [0.717, 1.165) is 10.8 Å². The molecule has 0 N–H and O–H groups in total. The molecule has 1 atom stereocenters. The summed E-state index contributed by atoms with van der Waals surface area (Å²) < 4.78 is 11.5. The van der Waals surface area contributed by atoms with Crippen LogP contribution in [-0.2, 0) is 0 Å². The third-order valence-corrected chi connectivity index (χ3v) is 3.87. The van der Waals surface area contributed by atoms with Crippen LogP contribution in [-0.4, -0.2) is 36.5 Å². The van der Waals surface area contributed by atoms with E-state index < -0.39 is 0 Å². The minimum Gasteiger partial charge on any atom is -0.485 e. The van der Waals surface area contributed by atoms with Gasteiger partial charge >= 0.3 is 0 Å². The standard InChI is InChI=1S/C14H14N2O3S/c1-16(2)14(17)9-8-20-13(15-9)12-7-18-10-5-3-4-6-11(10)19-12/h3-6,8,12H,7H2,1-2H3/t12-/m1/s1. The molecule has 104 valence electrons. The van der Waals surface area contributed by atoms with Crippen LogP contribution < -0.4 is 9.47 Å². The highest BCUT2D eigenvalue weighted by Crippen LogP contribution is 2.36. The zero-order valence-corrected chi connectivity index (χ0v) is 12.0. The number of nitrogens with zero attached hydrogens (tertiary/aromatic N) is 2. The molecule has 0 saturated carbocycles. The molecule has 0 fully saturated rings. The number of rotatable bonds is 2. The molecule has 0 radical (unpaired) electrons. The molecule has 0 saturated heterocycles. The monoisotopic (exact) mass is 290 g/mol. The largest absolute Gasteiger partial charge is 0.485 e. The molecular formula is C14H14N2O3S. The molecule has 0 spiro atoms. The van der Waals surface area contributed by atoms with Crippen LogP contribution in [0.3, 0.4) is 0 Å². The van der Waals surface area contributed by atoms with Gasteiger partial charge in [-0.2, -0.15) is 0 Å². The first-order valence-corrected chi connectivity index (χ1v) is 7.08. The predicted octanol–water partition coefficient (Wildman–Crippen LogP) is 2.36. The molecule has 1 amide bonds. The van der Waals surface area contributed by atoms with Gasteiger partial charge in [0, 0.05) is 19.5 Å². The number of amides is 1. The van der Waals surface area contributed by atoms with Gasteiger partial charge in [-0.25, -0.2) is 4.98 Å². The second-order valence-corrected chi connectivity index (χ2v) is 5.52. The molecule has 2 aromatic rings. The van der Waals surface area contributed by atoms with E-state index in [-0.39, 0.29) is 12.0 Å². The highest BCUT2D eigenvalue weighted by atomic mass is 32.1. The molecule has 5 nitrogen and oxygen atoms in total. The Morgan fingerprint density at radius 1 is 1.35 bits per heavy atom. The maximum Gasteiger partial charge on any atom is 0.272 e. The molecule has 20 heavy (non-hydrogen) atoms. The normalized spacial score (nSPS) is 16.8. The molecule has 3 rings (SSSR count). The van der Waals surface area contributed by atoms with Gasteiger partial charge < -0.3 is 14.4 Å². The maximum atomic E-state index is 11.8. The average molecular weight is 290 g/mol. The van der Waals surface area contributed by atoms with E-state index in [0.29, 0.717) is 18.1 Å². The first-order chi connectivity index (χ1) is 9.65. The van der Waals surface area contributed by atoms with Gasteiger partial charge in [-0.1, -0.05) is 12.1 Å². The van der Waals surface area contributed by atoms with Crippen molar-refractivity contribution in [1.29, 1.82) is 0 Å². The Morgan fingerprint density at radius 2 is 2.10 bits per heavy atom. The number of carbonyl (C=O) groups is 1. The van der Waals surface area contributed by atoms with Gasteiger partial charge in [-0.15, -0.1) is 11.3 Å². The van der Waals surface area contributed by atoms with Crippen molar-refractivity contribution in [2.75, 3.05) is 20.7 Å². The number of thiazole rings is 1. The van der Waals surface area contributed by atoms with Crippen LogP contribution in [0.25, 0.3) is 0 Å². The van der Waals surface area contributed by atoms with Gasteiger partial charge in [0.15, 0.2) is 17.6 Å². The van der Waals surface area contributed by atoms with Crippen molar-refractivity contribution in [2.24, 2.45) is 0 Å². The number of para-hydroxylation sites is 2. The first-order valence-electron chi connectivity index (χ1n) is 6.20. The maximum absolute atomic E-state index is 11.8. The number of carbonyl (C=O) groups excluding carboxylic acids is 1. The van der Waals surface area contributed by atoms with Crippen molar-refractivity contribution >= 4 is 17.2 Å². The topological polar surface area (TPSA) is 51.7 Å². The Labute approximate surface area is 120 Å². The van der Waals surface area contributed by atoms with Crippen molar-refractivity contribution in [3.05, 3.63) is 40.3 Å². The van der Waals surface area contributed by atoms with Crippen LogP contribution in [0.2, 0.25) is 0 Å². The number of hydrogen-bond donors (Lipinski definition) is 0. The Bertz CT molecular complexity index is 639. The molecular weight excluding hydrogens is 276 g/mol. The van der Waals surface area contributed by atoms with E-state index >= 15 is 0 Å². The van der Waals surface area contributed by atoms with Crippen LogP contribution in [0.5, 0.6) is 11.5 Å². The SMILES string of the molecule is CN(C)C(=O)c1csc([C@H]2COc3ccccc3O2)n1. The lowest BCUT2D eigenvalue weighted by molar-refractivity contribution is 0.0815. The number of ether oxygens (including phenoxy) is 2. The van der Waals surface area contributed by atoms with E-state index in [4.69, 9.17) is 9.47 Å². The van der Waals surface area contributed by atoms with Crippen LogP contribution >= 0.6 is 11.3 Å². The lowest BCUT2D eigenvalue weighted by Crippen LogP contribution is -2.23. The van der Waals surface area contributed by atoms with Crippen molar-refractivity contribution < 1.29 is 14.3 Å². The summed E-state index contributed by atoms with van der Waals surface area (Å²) in [5.74, 6) is 1.34. The second kappa shape index (κ2) is 5.13. The van der Waals surface area contributed by atoms with E-state index in [1.54, 1.807) is 19.5 Å². The van der Waals surface area contributed by atoms with Crippen molar-refractivity contribution in [3.8, 4) is 11.5 Å². The van der Waals surface area contributed by atoms with Gasteiger partial charge in [0.1, 0.15) is 17.3 Å². The van der Waals surface area contributed by atoms with E-state index in [1.165, 1.54) is 16.2 Å². The number of benzene rings is 1. The molecule has 1 aromatic heterocycles. The average Bonchev–Trinajstić information content (AvgIpc) is 2.95. The number of fused-ring (bicyclic) bond motifs is 1. The molecule has 0 bridgehead atoms. The summed E-state index contributed by atoms with van der Waals surface area (Å²) in [6, 6.07) is 7.53. The van der Waals surface area contributed by atoms with Gasteiger partial charge in [0.25, 0.3) is 5.91 Å². The smallest absolute Gasteiger partial charge is 0.272 e. The van der Waals surface area contributed by atoms with E-state index in [2.05, 4.69) is 4.98 Å². The van der Waals surface area contributed by atoms with Crippen molar-refractivity contribution in [1.82, 2.24) is 9.88 Å². The molecule has 6 heteroatoms. The van der Waals surface area contributed by atoms with Crippen molar-refractivity contribution in [2.45, 2.75) is 6.10 Å². The van der Waals surface area contributed by atoms with Crippen LogP contribution in [0, 0.1) is 0 Å². The quantitative estimate of drug-likeness (QED) is 0.852. The fourth-order valence-electron chi connectivity index (χ4n) is 1.90. The zero-order chi connectivity index (χ0) is 14.1. The highest BCUT2D eigenvalue weighted by Gasteiger charge is 2.26. The summed E-state index contributed by atoms with van der Waals surface area (Å²) >= 11 is 1.41. The lowest BCUT2D eigenvalue weighted by atomic mass is 10.2. The fourth-order valence-corrected chi connectivity index (χ4v) is 2.71. The fraction of sp³-hybridized carbons (Fsp3) is 0.286. The molecule has 0 aliphatic carbocycles. The molecule has 2 heterocycles. The predicted molar refractivity (Wildman–Crippen MR) is 75.4 cm³/mol. The summed E-state index contributed by atoms with van der Waals surface area (Å²) in [5, 5.41) is 2.51. The van der Waals surface area contributed by atoms with Gasteiger partial charge in [-0.05, 0) is 12.1 Å². The van der Waals surface area contributed by atoms with Crippen molar-refractivity contribution in [3.63, 3.8) is 0 Å². The van der Waals surface area contributed by atoms with Gasteiger partial charge in [0.05, 0.1) is 0 Å². The zero-order valence-electron chi connectivity index (χ0n) is 11.2.